The second-order valence-corrected chi connectivity index (χ2v) is 6.41. The molecule has 130 valence electrons. The van der Waals surface area contributed by atoms with Gasteiger partial charge in [0.25, 0.3) is 0 Å². The molecule has 2 aromatic heterocycles. The summed E-state index contributed by atoms with van der Waals surface area (Å²) in [5.41, 5.74) is 0.828. The van der Waals surface area contributed by atoms with Gasteiger partial charge in [0.05, 0.1) is 11.4 Å². The molecule has 25 heavy (non-hydrogen) atoms. The minimum absolute atomic E-state index is 0.199. The lowest BCUT2D eigenvalue weighted by molar-refractivity contribution is 0.240. The molecule has 0 aliphatic rings. The first kappa shape index (κ1) is 17.0. The number of hydrogen-bond donors (Lipinski definition) is 2. The Morgan fingerprint density at radius 1 is 1.16 bits per heavy atom. The zero-order valence-electron chi connectivity index (χ0n) is 13.8. The molecule has 3 aromatic rings. The monoisotopic (exact) mass is 357 g/mol. The molecule has 0 atom stereocenters. The predicted molar refractivity (Wildman–Crippen MR) is 97.5 cm³/mol. The first-order valence-electron chi connectivity index (χ1n) is 7.88. The molecule has 0 fully saturated rings. The highest BCUT2D eigenvalue weighted by molar-refractivity contribution is 7.13. The smallest absolute Gasteiger partial charge is 0.336 e. The zero-order valence-corrected chi connectivity index (χ0v) is 14.6. The highest BCUT2D eigenvalue weighted by Crippen LogP contribution is 2.20. The first-order valence-corrected chi connectivity index (χ1v) is 8.76. The van der Waals surface area contributed by atoms with E-state index in [9.17, 15) is 9.59 Å². The molecule has 0 spiro atoms. The van der Waals surface area contributed by atoms with E-state index in [2.05, 4.69) is 15.7 Å². The number of thiophene rings is 1. The Labute approximate surface area is 148 Å². The number of nitrogens with one attached hydrogen (secondary N) is 2. The summed E-state index contributed by atoms with van der Waals surface area (Å²) in [4.78, 5) is 25.0. The van der Waals surface area contributed by atoms with Gasteiger partial charge in [-0.1, -0.05) is 36.4 Å². The Balaban J connectivity index is 1.51. The van der Waals surface area contributed by atoms with E-state index in [1.807, 2.05) is 47.8 Å². The van der Waals surface area contributed by atoms with Crippen molar-refractivity contribution in [3.8, 4) is 10.7 Å². The van der Waals surface area contributed by atoms with Gasteiger partial charge in [0.2, 0.25) is 0 Å². The van der Waals surface area contributed by atoms with Gasteiger partial charge in [-0.3, -0.25) is 4.57 Å². The highest BCUT2D eigenvalue weighted by atomic mass is 32.1. The molecule has 8 heteroatoms. The van der Waals surface area contributed by atoms with Crippen molar-refractivity contribution in [1.29, 1.82) is 0 Å². The average Bonchev–Trinajstić information content (AvgIpc) is 3.25. The normalized spacial score (nSPS) is 10.6. The lowest BCUT2D eigenvalue weighted by Crippen LogP contribution is -2.38. The molecule has 0 unspecified atom stereocenters. The van der Waals surface area contributed by atoms with E-state index in [0.717, 1.165) is 10.4 Å². The van der Waals surface area contributed by atoms with Crippen LogP contribution in [-0.4, -0.2) is 26.9 Å². The van der Waals surface area contributed by atoms with Gasteiger partial charge in [-0.05, 0) is 17.0 Å². The van der Waals surface area contributed by atoms with Crippen LogP contribution in [0.1, 0.15) is 5.56 Å². The number of hydrogen-bond acceptors (Lipinski definition) is 4. The van der Waals surface area contributed by atoms with Crippen molar-refractivity contribution in [2.75, 3.05) is 6.54 Å². The van der Waals surface area contributed by atoms with E-state index in [1.165, 1.54) is 20.6 Å². The van der Waals surface area contributed by atoms with E-state index in [1.54, 1.807) is 7.05 Å². The number of carbonyl (C=O) groups is 1. The molecule has 2 N–H and O–H groups in total. The van der Waals surface area contributed by atoms with Gasteiger partial charge in [-0.2, -0.15) is 0 Å². The highest BCUT2D eigenvalue weighted by Gasteiger charge is 2.12. The van der Waals surface area contributed by atoms with Crippen LogP contribution in [0, 0.1) is 0 Å². The Hall–Kier alpha value is -2.87. The summed E-state index contributed by atoms with van der Waals surface area (Å²) in [6.07, 6.45) is 0. The van der Waals surface area contributed by atoms with Crippen LogP contribution in [0.3, 0.4) is 0 Å². The van der Waals surface area contributed by atoms with Gasteiger partial charge >= 0.3 is 11.7 Å². The Kier molecular flexibility index (Phi) is 5.30. The molecule has 2 heterocycles. The molecule has 0 aliphatic heterocycles. The van der Waals surface area contributed by atoms with Crippen LogP contribution in [0.2, 0.25) is 0 Å². The number of aromatic nitrogens is 3. The molecular weight excluding hydrogens is 338 g/mol. The van der Waals surface area contributed by atoms with Gasteiger partial charge in [0.1, 0.15) is 0 Å². The predicted octanol–water partition coefficient (Wildman–Crippen LogP) is 1.81. The summed E-state index contributed by atoms with van der Waals surface area (Å²) in [6, 6.07) is 13.2. The fourth-order valence-corrected chi connectivity index (χ4v) is 3.11. The number of rotatable bonds is 6. The molecular formula is C17H19N5O2S. The topological polar surface area (TPSA) is 81.0 Å². The first-order chi connectivity index (χ1) is 12.1. The lowest BCUT2D eigenvalue weighted by atomic mass is 10.2. The number of benzene rings is 1. The van der Waals surface area contributed by atoms with Crippen LogP contribution in [0.5, 0.6) is 0 Å². The minimum atomic E-state index is -0.272. The van der Waals surface area contributed by atoms with Crippen LogP contribution in [0.15, 0.2) is 52.6 Å². The Morgan fingerprint density at radius 3 is 2.68 bits per heavy atom. The van der Waals surface area contributed by atoms with Gasteiger partial charge in [0.15, 0.2) is 5.82 Å². The quantitative estimate of drug-likeness (QED) is 0.706. The standard InChI is InChI=1S/C17H19N5O2S/c1-21-15(14-8-5-11-25-14)20-22(17(21)24)10-9-18-16(23)19-12-13-6-3-2-4-7-13/h2-8,11H,9-10,12H2,1H3,(H2,18,19,23). The van der Waals surface area contributed by atoms with E-state index < -0.39 is 0 Å². The summed E-state index contributed by atoms with van der Waals surface area (Å²) in [5, 5.41) is 11.8. The molecule has 0 saturated heterocycles. The van der Waals surface area contributed by atoms with Crippen LogP contribution in [-0.2, 0) is 20.1 Å². The summed E-state index contributed by atoms with van der Waals surface area (Å²) in [5.74, 6) is 0.633. The van der Waals surface area contributed by atoms with Crippen molar-refractivity contribution in [2.45, 2.75) is 13.1 Å². The lowest BCUT2D eigenvalue weighted by Gasteiger charge is -2.07. The molecule has 2 amide bonds. The van der Waals surface area contributed by atoms with Gasteiger partial charge < -0.3 is 10.6 Å². The summed E-state index contributed by atoms with van der Waals surface area (Å²) in [6.45, 7) is 1.09. The summed E-state index contributed by atoms with van der Waals surface area (Å²) >= 11 is 1.53. The van der Waals surface area contributed by atoms with Crippen molar-refractivity contribution >= 4 is 17.4 Å². The van der Waals surface area contributed by atoms with Crippen molar-refractivity contribution in [3.05, 3.63) is 63.9 Å². The van der Waals surface area contributed by atoms with Crippen LogP contribution >= 0.6 is 11.3 Å². The van der Waals surface area contributed by atoms with E-state index in [4.69, 9.17) is 0 Å². The van der Waals surface area contributed by atoms with Crippen LogP contribution in [0.4, 0.5) is 4.79 Å². The summed E-state index contributed by atoms with van der Waals surface area (Å²) in [7, 11) is 1.70. The molecule has 3 rings (SSSR count). The number of carbonyl (C=O) groups excluding carboxylic acids is 1. The fourth-order valence-electron chi connectivity index (χ4n) is 2.37. The zero-order chi connectivity index (χ0) is 17.6. The Morgan fingerprint density at radius 2 is 1.96 bits per heavy atom. The van der Waals surface area contributed by atoms with Crippen molar-refractivity contribution in [1.82, 2.24) is 25.0 Å². The number of urea groups is 1. The number of nitrogens with zero attached hydrogens (tertiary/aromatic N) is 3. The third kappa shape index (κ3) is 4.16. The Bertz CT molecular complexity index is 884. The van der Waals surface area contributed by atoms with E-state index >= 15 is 0 Å². The summed E-state index contributed by atoms with van der Waals surface area (Å²) < 4.78 is 2.88. The molecule has 0 saturated carbocycles. The second kappa shape index (κ2) is 7.80. The molecule has 1 aromatic carbocycles. The van der Waals surface area contributed by atoms with Gasteiger partial charge in [0, 0.05) is 20.1 Å². The van der Waals surface area contributed by atoms with Crippen LogP contribution < -0.4 is 16.3 Å². The van der Waals surface area contributed by atoms with Crippen molar-refractivity contribution < 1.29 is 4.79 Å². The van der Waals surface area contributed by atoms with E-state index in [-0.39, 0.29) is 11.7 Å². The van der Waals surface area contributed by atoms with Crippen molar-refractivity contribution in [2.24, 2.45) is 7.05 Å². The van der Waals surface area contributed by atoms with Crippen molar-refractivity contribution in [3.63, 3.8) is 0 Å². The molecule has 0 radical (unpaired) electrons. The maximum Gasteiger partial charge on any atom is 0.346 e. The maximum absolute atomic E-state index is 12.2. The van der Waals surface area contributed by atoms with Crippen LogP contribution in [0.25, 0.3) is 10.7 Å². The SMILES string of the molecule is Cn1c(-c2cccs2)nn(CCNC(=O)NCc2ccccc2)c1=O. The number of amides is 2. The average molecular weight is 357 g/mol. The third-order valence-electron chi connectivity index (χ3n) is 3.69. The van der Waals surface area contributed by atoms with Gasteiger partial charge in [-0.25, -0.2) is 14.3 Å². The second-order valence-electron chi connectivity index (χ2n) is 5.46. The maximum atomic E-state index is 12.2. The fraction of sp³-hybridized carbons (Fsp3) is 0.235. The minimum Gasteiger partial charge on any atom is -0.336 e. The molecule has 0 aliphatic carbocycles. The largest absolute Gasteiger partial charge is 0.346 e. The third-order valence-corrected chi connectivity index (χ3v) is 4.55. The van der Waals surface area contributed by atoms with Gasteiger partial charge in [-0.15, -0.1) is 16.4 Å². The molecule has 0 bridgehead atoms. The molecule has 7 nitrogen and oxygen atoms in total. The van der Waals surface area contributed by atoms with E-state index in [0.29, 0.717) is 25.5 Å².